The van der Waals surface area contributed by atoms with Crippen molar-refractivity contribution in [3.05, 3.63) is 47.4 Å². The lowest BCUT2D eigenvalue weighted by Gasteiger charge is -2.38. The summed E-state index contributed by atoms with van der Waals surface area (Å²) in [4.78, 5) is 16.6. The quantitative estimate of drug-likeness (QED) is 0.905. The van der Waals surface area contributed by atoms with E-state index in [4.69, 9.17) is 4.52 Å². The molecule has 0 spiro atoms. The lowest BCUT2D eigenvalue weighted by molar-refractivity contribution is -0.121. The van der Waals surface area contributed by atoms with Crippen LogP contribution in [0.15, 0.2) is 28.8 Å². The van der Waals surface area contributed by atoms with Gasteiger partial charge in [0, 0.05) is 6.04 Å². The fourth-order valence-electron chi connectivity index (χ4n) is 3.94. The second-order valence-corrected chi connectivity index (χ2v) is 7.18. The van der Waals surface area contributed by atoms with Crippen LogP contribution in [0, 0.1) is 5.82 Å². The third-order valence-corrected chi connectivity index (χ3v) is 5.52. The highest BCUT2D eigenvalue weighted by atomic mass is 19.1. The van der Waals surface area contributed by atoms with Crippen molar-refractivity contribution in [2.45, 2.75) is 62.8 Å². The van der Waals surface area contributed by atoms with E-state index < -0.39 is 0 Å². The lowest BCUT2D eigenvalue weighted by atomic mass is 9.64. The zero-order chi connectivity index (χ0) is 17.3. The first-order chi connectivity index (χ1) is 12.2. The smallest absolute Gasteiger partial charge is 0.237 e. The maximum atomic E-state index is 13.2. The average molecular weight is 343 g/mol. The van der Waals surface area contributed by atoms with Crippen molar-refractivity contribution in [1.82, 2.24) is 15.5 Å². The highest BCUT2D eigenvalue weighted by Gasteiger charge is 2.45. The summed E-state index contributed by atoms with van der Waals surface area (Å²) in [6.45, 7) is 0. The highest BCUT2D eigenvalue weighted by Crippen LogP contribution is 2.48. The first-order valence-electron chi connectivity index (χ1n) is 9.04. The summed E-state index contributed by atoms with van der Waals surface area (Å²) in [5.41, 5.74) is 0.659. The van der Waals surface area contributed by atoms with E-state index in [1.54, 1.807) is 12.1 Å². The summed E-state index contributed by atoms with van der Waals surface area (Å²) in [5, 5.41) is 7.04. The molecule has 1 amide bonds. The molecule has 0 radical (unpaired) electrons. The molecule has 0 bridgehead atoms. The van der Waals surface area contributed by atoms with Gasteiger partial charge in [-0.1, -0.05) is 36.6 Å². The van der Waals surface area contributed by atoms with E-state index in [0.717, 1.165) is 37.7 Å². The summed E-state index contributed by atoms with van der Waals surface area (Å²) >= 11 is 0. The standard InChI is InChI=1S/C19H22FN3O2/c20-14-8-6-13(7-9-14)19(10-3-11-19)18-22-16(23-25-18)12-17(24)21-15-4-1-2-5-15/h6-9,15H,1-5,10-12H2,(H,21,24). The molecule has 2 saturated carbocycles. The molecule has 1 aromatic heterocycles. The van der Waals surface area contributed by atoms with Gasteiger partial charge in [-0.05, 0) is 43.4 Å². The van der Waals surface area contributed by atoms with Gasteiger partial charge in [0.15, 0.2) is 5.82 Å². The lowest BCUT2D eigenvalue weighted by Crippen LogP contribution is -2.36. The van der Waals surface area contributed by atoms with Crippen LogP contribution >= 0.6 is 0 Å². The van der Waals surface area contributed by atoms with Crippen LogP contribution in [0.2, 0.25) is 0 Å². The Labute approximate surface area is 146 Å². The van der Waals surface area contributed by atoms with Crippen LogP contribution in [-0.4, -0.2) is 22.1 Å². The summed E-state index contributed by atoms with van der Waals surface area (Å²) in [7, 11) is 0. The number of amides is 1. The maximum absolute atomic E-state index is 13.2. The van der Waals surface area contributed by atoms with Crippen LogP contribution < -0.4 is 5.32 Å². The molecule has 0 aliphatic heterocycles. The van der Waals surface area contributed by atoms with E-state index in [-0.39, 0.29) is 29.6 Å². The molecule has 0 unspecified atom stereocenters. The second kappa shape index (κ2) is 6.58. The van der Waals surface area contributed by atoms with Gasteiger partial charge in [0.1, 0.15) is 5.82 Å². The molecular formula is C19H22FN3O2. The molecule has 2 aliphatic carbocycles. The SMILES string of the molecule is O=C(Cc1noc(C2(c3ccc(F)cc3)CCC2)n1)NC1CCCC1. The van der Waals surface area contributed by atoms with Gasteiger partial charge in [-0.25, -0.2) is 4.39 Å². The number of benzene rings is 1. The number of carbonyl (C=O) groups excluding carboxylic acids is 1. The molecule has 6 heteroatoms. The molecule has 1 heterocycles. The van der Waals surface area contributed by atoms with Crippen molar-refractivity contribution >= 4 is 5.91 Å². The predicted molar refractivity (Wildman–Crippen MR) is 89.4 cm³/mol. The van der Waals surface area contributed by atoms with Crippen LogP contribution in [-0.2, 0) is 16.6 Å². The number of hydrogen-bond donors (Lipinski definition) is 1. The molecule has 25 heavy (non-hydrogen) atoms. The topological polar surface area (TPSA) is 68.0 Å². The Morgan fingerprint density at radius 2 is 1.92 bits per heavy atom. The molecule has 2 fully saturated rings. The second-order valence-electron chi connectivity index (χ2n) is 7.18. The summed E-state index contributed by atoms with van der Waals surface area (Å²) in [6.07, 6.45) is 7.46. The molecule has 132 valence electrons. The first-order valence-corrected chi connectivity index (χ1v) is 9.04. The zero-order valence-corrected chi connectivity index (χ0v) is 14.1. The van der Waals surface area contributed by atoms with Gasteiger partial charge in [0.05, 0.1) is 11.8 Å². The number of nitrogens with one attached hydrogen (secondary N) is 1. The summed E-state index contributed by atoms with van der Waals surface area (Å²) < 4.78 is 18.7. The fraction of sp³-hybridized carbons (Fsp3) is 0.526. The number of rotatable bonds is 5. The van der Waals surface area contributed by atoms with E-state index in [1.165, 1.54) is 25.0 Å². The first kappa shape index (κ1) is 16.2. The van der Waals surface area contributed by atoms with Gasteiger partial charge in [0.2, 0.25) is 11.8 Å². The zero-order valence-electron chi connectivity index (χ0n) is 14.1. The van der Waals surface area contributed by atoms with Crippen LogP contribution in [0.1, 0.15) is 62.2 Å². The van der Waals surface area contributed by atoms with Crippen molar-refractivity contribution in [3.63, 3.8) is 0 Å². The van der Waals surface area contributed by atoms with E-state index in [2.05, 4.69) is 15.5 Å². The third-order valence-electron chi connectivity index (χ3n) is 5.52. The van der Waals surface area contributed by atoms with Crippen molar-refractivity contribution < 1.29 is 13.7 Å². The number of nitrogens with zero attached hydrogens (tertiary/aromatic N) is 2. The monoisotopic (exact) mass is 343 g/mol. The Bertz CT molecular complexity index is 746. The Balaban J connectivity index is 1.47. The summed E-state index contributed by atoms with van der Waals surface area (Å²) in [5.74, 6) is 0.643. The van der Waals surface area contributed by atoms with Gasteiger partial charge in [-0.15, -0.1) is 0 Å². The van der Waals surface area contributed by atoms with Crippen LogP contribution in [0.4, 0.5) is 4.39 Å². The van der Waals surface area contributed by atoms with E-state index in [9.17, 15) is 9.18 Å². The van der Waals surface area contributed by atoms with Crippen molar-refractivity contribution in [3.8, 4) is 0 Å². The van der Waals surface area contributed by atoms with Gasteiger partial charge in [-0.3, -0.25) is 4.79 Å². The molecule has 1 N–H and O–H groups in total. The summed E-state index contributed by atoms with van der Waals surface area (Å²) in [6, 6.07) is 6.77. The Morgan fingerprint density at radius 3 is 2.56 bits per heavy atom. The van der Waals surface area contributed by atoms with Crippen LogP contribution in [0.25, 0.3) is 0 Å². The third kappa shape index (κ3) is 3.17. The van der Waals surface area contributed by atoms with E-state index in [0.29, 0.717) is 11.7 Å². The normalized spacial score (nSPS) is 19.6. The minimum absolute atomic E-state index is 0.0521. The molecule has 0 saturated heterocycles. The maximum Gasteiger partial charge on any atom is 0.237 e. The molecule has 2 aliphatic rings. The van der Waals surface area contributed by atoms with Crippen molar-refractivity contribution in [1.29, 1.82) is 0 Å². The molecular weight excluding hydrogens is 321 g/mol. The average Bonchev–Trinajstić information content (AvgIpc) is 3.21. The van der Waals surface area contributed by atoms with Crippen molar-refractivity contribution in [2.24, 2.45) is 0 Å². The fourth-order valence-corrected chi connectivity index (χ4v) is 3.94. The van der Waals surface area contributed by atoms with Gasteiger partial charge < -0.3 is 9.84 Å². The van der Waals surface area contributed by atoms with E-state index >= 15 is 0 Å². The molecule has 1 aromatic carbocycles. The minimum atomic E-state index is -0.332. The van der Waals surface area contributed by atoms with Gasteiger partial charge in [-0.2, -0.15) is 4.98 Å². The van der Waals surface area contributed by atoms with Crippen LogP contribution in [0.5, 0.6) is 0 Å². The number of carbonyl (C=O) groups is 1. The number of aromatic nitrogens is 2. The highest BCUT2D eigenvalue weighted by molar-refractivity contribution is 5.78. The molecule has 0 atom stereocenters. The van der Waals surface area contributed by atoms with E-state index in [1.807, 2.05) is 0 Å². The van der Waals surface area contributed by atoms with Crippen LogP contribution in [0.3, 0.4) is 0 Å². The van der Waals surface area contributed by atoms with Gasteiger partial charge in [0.25, 0.3) is 0 Å². The van der Waals surface area contributed by atoms with Crippen molar-refractivity contribution in [2.75, 3.05) is 0 Å². The Hall–Kier alpha value is -2.24. The number of halogens is 1. The molecule has 5 nitrogen and oxygen atoms in total. The Kier molecular flexibility index (Phi) is 4.27. The van der Waals surface area contributed by atoms with Gasteiger partial charge >= 0.3 is 0 Å². The largest absolute Gasteiger partial charge is 0.353 e. The molecule has 2 aromatic rings. The Morgan fingerprint density at radius 1 is 1.20 bits per heavy atom. The minimum Gasteiger partial charge on any atom is -0.353 e. The predicted octanol–water partition coefficient (Wildman–Crippen LogP) is 3.28. The molecule has 4 rings (SSSR count). The number of hydrogen-bond acceptors (Lipinski definition) is 4.